The van der Waals surface area contributed by atoms with E-state index in [1.807, 2.05) is 12.1 Å². The zero-order valence-corrected chi connectivity index (χ0v) is 24.8. The van der Waals surface area contributed by atoms with Gasteiger partial charge >= 0.3 is 0 Å². The van der Waals surface area contributed by atoms with Crippen LogP contribution < -0.4 is 0 Å². The molecule has 0 aliphatic carbocycles. The van der Waals surface area contributed by atoms with E-state index in [1.165, 1.54) is 43.8 Å². The molecule has 2 heteroatoms. The fourth-order valence-corrected chi connectivity index (χ4v) is 7.54. The van der Waals surface area contributed by atoms with Crippen LogP contribution in [0.15, 0.2) is 167 Å². The topological polar surface area (TPSA) is 26.3 Å². The molecule has 0 atom stereocenters. The van der Waals surface area contributed by atoms with E-state index in [4.69, 9.17) is 8.83 Å². The van der Waals surface area contributed by atoms with Gasteiger partial charge in [-0.05, 0) is 85.3 Å². The summed E-state index contributed by atoms with van der Waals surface area (Å²) in [5.74, 6) is 0. The van der Waals surface area contributed by atoms with Gasteiger partial charge in [0.25, 0.3) is 0 Å². The van der Waals surface area contributed by atoms with Gasteiger partial charge in [-0.2, -0.15) is 0 Å². The summed E-state index contributed by atoms with van der Waals surface area (Å²) in [5, 5.41) is 9.37. The summed E-state index contributed by atoms with van der Waals surface area (Å²) in [6, 6.07) is 56.0. The molecule has 0 unspecified atom stereocenters. The predicted octanol–water partition coefficient (Wildman–Crippen LogP) is 12.8. The highest BCUT2D eigenvalue weighted by Crippen LogP contribution is 2.49. The van der Waals surface area contributed by atoms with Crippen molar-refractivity contribution in [1.82, 2.24) is 0 Å². The molecule has 10 rings (SSSR count). The number of furan rings is 2. The van der Waals surface area contributed by atoms with Crippen LogP contribution in [0, 0.1) is 0 Å². The second kappa shape index (κ2) is 9.69. The third-order valence-electron chi connectivity index (χ3n) is 9.46. The van der Waals surface area contributed by atoms with Crippen molar-refractivity contribution >= 4 is 65.4 Å². The molecule has 2 aromatic heterocycles. The van der Waals surface area contributed by atoms with Gasteiger partial charge < -0.3 is 8.83 Å². The van der Waals surface area contributed by atoms with Crippen molar-refractivity contribution in [2.45, 2.75) is 0 Å². The second-order valence-electron chi connectivity index (χ2n) is 12.0. The Morgan fingerprint density at radius 3 is 1.35 bits per heavy atom. The molecule has 0 radical (unpaired) electrons. The minimum atomic E-state index is 0.893. The van der Waals surface area contributed by atoms with Gasteiger partial charge in [-0.1, -0.05) is 127 Å². The molecule has 0 aliphatic heterocycles. The highest BCUT2D eigenvalue weighted by molar-refractivity contribution is 6.28. The maximum Gasteiger partial charge on any atom is 0.136 e. The highest BCUT2D eigenvalue weighted by atomic mass is 16.3. The Morgan fingerprint density at radius 2 is 0.739 bits per heavy atom. The SMILES string of the molecule is c1ccc(-c2cc(-c3c4ccccc4c(-c4cccc5oc6ccccc6c45)c4ccccc34)c3c(c2)oc2ccccc23)cc1. The average Bonchev–Trinajstić information content (AvgIpc) is 3.69. The Kier molecular flexibility index (Phi) is 5.31. The molecule has 46 heavy (non-hydrogen) atoms. The first-order valence-electron chi connectivity index (χ1n) is 15.7. The largest absolute Gasteiger partial charge is 0.456 e. The van der Waals surface area contributed by atoms with Gasteiger partial charge in [0.05, 0.1) is 0 Å². The van der Waals surface area contributed by atoms with Crippen molar-refractivity contribution < 1.29 is 8.83 Å². The summed E-state index contributed by atoms with van der Waals surface area (Å²) < 4.78 is 12.9. The lowest BCUT2D eigenvalue weighted by Gasteiger charge is -2.19. The molecule has 0 saturated heterocycles. The number of benzene rings is 8. The Balaban J connectivity index is 1.39. The molecule has 0 spiro atoms. The number of rotatable bonds is 3. The normalized spacial score (nSPS) is 11.9. The summed E-state index contributed by atoms with van der Waals surface area (Å²) in [5.41, 5.74) is 10.7. The maximum atomic E-state index is 6.56. The Morgan fingerprint density at radius 1 is 0.283 bits per heavy atom. The van der Waals surface area contributed by atoms with E-state index in [-0.39, 0.29) is 0 Å². The first kappa shape index (κ1) is 25.2. The molecular weight excluding hydrogens is 560 g/mol. The van der Waals surface area contributed by atoms with Crippen molar-refractivity contribution in [2.75, 3.05) is 0 Å². The van der Waals surface area contributed by atoms with E-state index < -0.39 is 0 Å². The Labute approximate surface area is 264 Å². The molecule has 8 aromatic carbocycles. The molecular formula is C44H26O2. The zero-order chi connectivity index (χ0) is 30.2. The molecule has 0 N–H and O–H groups in total. The summed E-state index contributed by atoms with van der Waals surface area (Å²) >= 11 is 0. The van der Waals surface area contributed by atoms with Gasteiger partial charge in [0.2, 0.25) is 0 Å². The standard InChI is InChI=1S/C44H26O2/c1-2-13-27(14-3-1)28-25-36(44-34-20-9-11-23-38(34)46-40(44)26-28)42-31-17-6-4-15-29(31)41(30-16-5-7-18-32(30)42)35-21-12-24-39-43(35)33-19-8-10-22-37(33)45-39/h1-26H. The molecule has 2 nitrogen and oxygen atoms in total. The molecule has 214 valence electrons. The average molecular weight is 587 g/mol. The number of para-hydroxylation sites is 2. The van der Waals surface area contributed by atoms with E-state index in [2.05, 4.69) is 146 Å². The Hall–Kier alpha value is -6.12. The van der Waals surface area contributed by atoms with E-state index in [1.54, 1.807) is 0 Å². The van der Waals surface area contributed by atoms with Crippen LogP contribution in [-0.4, -0.2) is 0 Å². The van der Waals surface area contributed by atoms with Crippen molar-refractivity contribution in [3.63, 3.8) is 0 Å². The van der Waals surface area contributed by atoms with Gasteiger partial charge in [0.1, 0.15) is 22.3 Å². The third kappa shape index (κ3) is 3.59. The van der Waals surface area contributed by atoms with Crippen LogP contribution in [0.25, 0.3) is 98.8 Å². The monoisotopic (exact) mass is 586 g/mol. The predicted molar refractivity (Wildman–Crippen MR) is 192 cm³/mol. The van der Waals surface area contributed by atoms with Crippen molar-refractivity contribution in [1.29, 1.82) is 0 Å². The summed E-state index contributed by atoms with van der Waals surface area (Å²) in [7, 11) is 0. The zero-order valence-electron chi connectivity index (χ0n) is 24.8. The molecule has 0 fully saturated rings. The Bertz CT molecular complexity index is 2740. The summed E-state index contributed by atoms with van der Waals surface area (Å²) in [6.45, 7) is 0. The quantitative estimate of drug-likeness (QED) is 0.193. The van der Waals surface area contributed by atoms with Crippen molar-refractivity contribution in [3.05, 3.63) is 158 Å². The number of hydrogen-bond donors (Lipinski definition) is 0. The lowest BCUT2D eigenvalue weighted by molar-refractivity contribution is 0.668. The number of fused-ring (bicyclic) bond motifs is 8. The van der Waals surface area contributed by atoms with Gasteiger partial charge in [-0.25, -0.2) is 0 Å². The van der Waals surface area contributed by atoms with Crippen LogP contribution in [0.5, 0.6) is 0 Å². The lowest BCUT2D eigenvalue weighted by atomic mass is 9.83. The van der Waals surface area contributed by atoms with Crippen LogP contribution in [0.2, 0.25) is 0 Å². The minimum absolute atomic E-state index is 0.893. The van der Waals surface area contributed by atoms with E-state index in [0.29, 0.717) is 0 Å². The highest BCUT2D eigenvalue weighted by Gasteiger charge is 2.23. The van der Waals surface area contributed by atoms with E-state index in [0.717, 1.165) is 55.0 Å². The fourth-order valence-electron chi connectivity index (χ4n) is 7.54. The molecule has 0 amide bonds. The third-order valence-corrected chi connectivity index (χ3v) is 9.46. The van der Waals surface area contributed by atoms with Crippen LogP contribution in [0.3, 0.4) is 0 Å². The second-order valence-corrected chi connectivity index (χ2v) is 12.0. The van der Waals surface area contributed by atoms with Crippen LogP contribution in [0.1, 0.15) is 0 Å². The lowest BCUT2D eigenvalue weighted by Crippen LogP contribution is -1.92. The summed E-state index contributed by atoms with van der Waals surface area (Å²) in [6.07, 6.45) is 0. The minimum Gasteiger partial charge on any atom is -0.456 e. The molecule has 0 aliphatic rings. The fraction of sp³-hybridized carbons (Fsp3) is 0. The molecule has 2 heterocycles. The summed E-state index contributed by atoms with van der Waals surface area (Å²) in [4.78, 5) is 0. The van der Waals surface area contributed by atoms with E-state index >= 15 is 0 Å². The van der Waals surface area contributed by atoms with Crippen molar-refractivity contribution in [3.8, 4) is 33.4 Å². The molecule has 10 aromatic rings. The number of hydrogen-bond acceptors (Lipinski definition) is 2. The first-order valence-corrected chi connectivity index (χ1v) is 15.7. The van der Waals surface area contributed by atoms with Gasteiger partial charge in [-0.15, -0.1) is 0 Å². The smallest absolute Gasteiger partial charge is 0.136 e. The van der Waals surface area contributed by atoms with E-state index in [9.17, 15) is 0 Å². The van der Waals surface area contributed by atoms with Crippen LogP contribution in [-0.2, 0) is 0 Å². The van der Waals surface area contributed by atoms with Gasteiger partial charge in [-0.3, -0.25) is 0 Å². The first-order chi connectivity index (χ1) is 22.8. The van der Waals surface area contributed by atoms with Crippen molar-refractivity contribution in [2.24, 2.45) is 0 Å². The van der Waals surface area contributed by atoms with Crippen LogP contribution >= 0.6 is 0 Å². The maximum absolute atomic E-state index is 6.56. The van der Waals surface area contributed by atoms with Gasteiger partial charge in [0, 0.05) is 21.5 Å². The molecule has 0 saturated carbocycles. The van der Waals surface area contributed by atoms with Gasteiger partial charge in [0.15, 0.2) is 0 Å². The molecule has 0 bridgehead atoms. The van der Waals surface area contributed by atoms with Crippen LogP contribution in [0.4, 0.5) is 0 Å².